The zero-order valence-corrected chi connectivity index (χ0v) is 14.3. The first-order valence-electron chi connectivity index (χ1n) is 7.60. The lowest BCUT2D eigenvalue weighted by molar-refractivity contribution is 0.0925. The van der Waals surface area contributed by atoms with Gasteiger partial charge in [0.1, 0.15) is 11.9 Å². The van der Waals surface area contributed by atoms with Crippen LogP contribution in [0.4, 0.5) is 11.4 Å². The zero-order valence-electron chi connectivity index (χ0n) is 13.5. The molecule has 1 heterocycles. The van der Waals surface area contributed by atoms with Crippen LogP contribution in [0.3, 0.4) is 0 Å². The summed E-state index contributed by atoms with van der Waals surface area (Å²) in [5.41, 5.74) is 6.76. The number of ether oxygens (including phenoxy) is 1. The van der Waals surface area contributed by atoms with Crippen molar-refractivity contribution in [2.45, 2.75) is 24.0 Å². The Morgan fingerprint density at radius 1 is 1.32 bits per heavy atom. The molecule has 3 rings (SSSR count). The minimum absolute atomic E-state index is 0.00892. The number of nitrogens with two attached hydrogens (primary N) is 1. The van der Waals surface area contributed by atoms with Gasteiger partial charge >= 0.3 is 0 Å². The topological polar surface area (TPSA) is 117 Å². The summed E-state index contributed by atoms with van der Waals surface area (Å²) >= 11 is 0. The Hall–Kier alpha value is -2.76. The van der Waals surface area contributed by atoms with Crippen molar-refractivity contribution < 1.29 is 18.3 Å². The Balaban J connectivity index is 2.19. The number of sulfonamides is 1. The third-order valence-corrected chi connectivity index (χ3v) is 6.00. The van der Waals surface area contributed by atoms with E-state index in [0.29, 0.717) is 17.1 Å². The number of nitrogens with zero attached hydrogens (tertiary/aromatic N) is 2. The van der Waals surface area contributed by atoms with Crippen LogP contribution >= 0.6 is 0 Å². The van der Waals surface area contributed by atoms with E-state index in [2.05, 4.69) is 0 Å². The molecule has 0 radical (unpaired) electrons. The van der Waals surface area contributed by atoms with E-state index < -0.39 is 22.2 Å². The van der Waals surface area contributed by atoms with Crippen molar-refractivity contribution in [3.05, 3.63) is 48.0 Å². The molecule has 0 aromatic heterocycles. The van der Waals surface area contributed by atoms with Gasteiger partial charge in [0.15, 0.2) is 0 Å². The van der Waals surface area contributed by atoms with Crippen molar-refractivity contribution >= 4 is 21.4 Å². The van der Waals surface area contributed by atoms with Crippen LogP contribution in [-0.4, -0.2) is 32.3 Å². The average molecular weight is 359 g/mol. The molecule has 2 atom stereocenters. The second kappa shape index (κ2) is 6.27. The van der Waals surface area contributed by atoms with E-state index >= 15 is 0 Å². The zero-order chi connectivity index (χ0) is 18.2. The lowest BCUT2D eigenvalue weighted by Gasteiger charge is -2.40. The number of rotatable bonds is 3. The van der Waals surface area contributed by atoms with Crippen LogP contribution in [0.5, 0.6) is 5.75 Å². The molecule has 0 bridgehead atoms. The van der Waals surface area contributed by atoms with E-state index in [9.17, 15) is 13.5 Å². The molecule has 0 saturated heterocycles. The highest BCUT2D eigenvalue weighted by Gasteiger charge is 2.40. The van der Waals surface area contributed by atoms with Gasteiger partial charge in [0.05, 0.1) is 34.9 Å². The van der Waals surface area contributed by atoms with E-state index in [0.717, 1.165) is 0 Å². The molecule has 0 spiro atoms. The molecule has 8 heteroatoms. The Bertz CT molecular complexity index is 953. The van der Waals surface area contributed by atoms with Crippen LogP contribution in [0.25, 0.3) is 0 Å². The Labute approximate surface area is 145 Å². The largest absolute Gasteiger partial charge is 0.484 e. The molecule has 3 N–H and O–H groups in total. The fraction of sp³-hybridized carbons (Fsp3) is 0.235. The van der Waals surface area contributed by atoms with Crippen molar-refractivity contribution in [1.82, 2.24) is 0 Å². The first kappa shape index (κ1) is 17.1. The molecule has 2 aromatic rings. The maximum absolute atomic E-state index is 13.2. The molecule has 1 unspecified atom stereocenters. The quantitative estimate of drug-likeness (QED) is 0.802. The van der Waals surface area contributed by atoms with Crippen LogP contribution in [0.15, 0.2) is 47.4 Å². The number of aliphatic hydroxyl groups is 1. The highest BCUT2D eigenvalue weighted by molar-refractivity contribution is 7.92. The van der Waals surface area contributed by atoms with Gasteiger partial charge in [-0.15, -0.1) is 0 Å². The summed E-state index contributed by atoms with van der Waals surface area (Å²) in [5, 5.41) is 18.6. The Morgan fingerprint density at radius 3 is 2.76 bits per heavy atom. The lowest BCUT2D eigenvalue weighted by Crippen LogP contribution is -2.52. The third-order valence-electron chi connectivity index (χ3n) is 4.11. The number of hydrogen-bond donors (Lipinski definition) is 2. The number of anilines is 2. The number of fused-ring (bicyclic) bond motifs is 1. The highest BCUT2D eigenvalue weighted by Crippen LogP contribution is 2.40. The number of hydrogen-bond acceptors (Lipinski definition) is 6. The predicted octanol–water partition coefficient (Wildman–Crippen LogP) is 1.48. The highest BCUT2D eigenvalue weighted by atomic mass is 32.2. The van der Waals surface area contributed by atoms with E-state index in [1.165, 1.54) is 34.6 Å². The first-order valence-corrected chi connectivity index (χ1v) is 9.04. The van der Waals surface area contributed by atoms with Crippen LogP contribution in [-0.2, 0) is 10.0 Å². The van der Waals surface area contributed by atoms with Gasteiger partial charge in [0.25, 0.3) is 10.0 Å². The third kappa shape index (κ3) is 2.88. The van der Waals surface area contributed by atoms with Gasteiger partial charge in [-0.05, 0) is 43.3 Å². The Kier molecular flexibility index (Phi) is 4.29. The van der Waals surface area contributed by atoms with E-state index in [1.54, 1.807) is 19.1 Å². The molecule has 0 fully saturated rings. The first-order chi connectivity index (χ1) is 11.9. The molecule has 130 valence electrons. The van der Waals surface area contributed by atoms with E-state index in [-0.39, 0.29) is 17.1 Å². The molecule has 1 aliphatic heterocycles. The van der Waals surface area contributed by atoms with Crippen LogP contribution < -0.4 is 14.8 Å². The number of benzene rings is 2. The van der Waals surface area contributed by atoms with Crippen molar-refractivity contribution in [3.8, 4) is 11.8 Å². The van der Waals surface area contributed by atoms with Crippen LogP contribution in [0.1, 0.15) is 12.5 Å². The van der Waals surface area contributed by atoms with E-state index in [4.69, 9.17) is 15.7 Å². The summed E-state index contributed by atoms with van der Waals surface area (Å²) in [6.45, 7) is 1.31. The van der Waals surface area contributed by atoms with E-state index in [1.807, 2.05) is 6.07 Å². The second-order valence-corrected chi connectivity index (χ2v) is 7.56. The fourth-order valence-electron chi connectivity index (χ4n) is 2.82. The van der Waals surface area contributed by atoms with Gasteiger partial charge in [-0.3, -0.25) is 4.31 Å². The molecular formula is C17H17N3O4S. The lowest BCUT2D eigenvalue weighted by atomic mass is 10.1. The average Bonchev–Trinajstić information content (AvgIpc) is 2.61. The van der Waals surface area contributed by atoms with Crippen molar-refractivity contribution in [2.75, 3.05) is 16.6 Å². The maximum atomic E-state index is 13.2. The van der Waals surface area contributed by atoms with Gasteiger partial charge in [0.2, 0.25) is 0 Å². The van der Waals surface area contributed by atoms with Crippen molar-refractivity contribution in [3.63, 3.8) is 0 Å². The summed E-state index contributed by atoms with van der Waals surface area (Å²) in [4.78, 5) is -0.00892. The SMILES string of the molecule is C[C@H]1C(CO)Oc2ccc(N)cc2N1S(=O)(=O)c1cccc(C#N)c1. The molecule has 0 aliphatic carbocycles. The monoisotopic (exact) mass is 359 g/mol. The molecule has 0 amide bonds. The van der Waals surface area contributed by atoms with Crippen molar-refractivity contribution in [2.24, 2.45) is 0 Å². The summed E-state index contributed by atoms with van der Waals surface area (Å²) in [5.74, 6) is 0.325. The summed E-state index contributed by atoms with van der Waals surface area (Å²) in [6.07, 6.45) is -0.718. The fourth-order valence-corrected chi connectivity index (χ4v) is 4.54. The molecule has 7 nitrogen and oxygen atoms in total. The van der Waals surface area contributed by atoms with Gasteiger partial charge in [-0.25, -0.2) is 8.42 Å². The molecule has 25 heavy (non-hydrogen) atoms. The second-order valence-electron chi connectivity index (χ2n) is 5.75. The van der Waals surface area contributed by atoms with Gasteiger partial charge in [-0.1, -0.05) is 6.07 Å². The smallest absolute Gasteiger partial charge is 0.264 e. The normalized spacial score (nSPS) is 19.6. The van der Waals surface area contributed by atoms with Gasteiger partial charge < -0.3 is 15.6 Å². The molecule has 0 saturated carbocycles. The molecular weight excluding hydrogens is 342 g/mol. The molecule has 2 aromatic carbocycles. The van der Waals surface area contributed by atoms with Crippen LogP contribution in [0.2, 0.25) is 0 Å². The minimum atomic E-state index is -3.98. The number of nitriles is 1. The summed E-state index contributed by atoms with van der Waals surface area (Å²) in [6, 6.07) is 11.8. The van der Waals surface area contributed by atoms with Gasteiger partial charge in [0, 0.05) is 5.69 Å². The summed E-state index contributed by atoms with van der Waals surface area (Å²) < 4.78 is 33.4. The van der Waals surface area contributed by atoms with Crippen LogP contribution in [0, 0.1) is 11.3 Å². The van der Waals surface area contributed by atoms with Crippen molar-refractivity contribution in [1.29, 1.82) is 5.26 Å². The minimum Gasteiger partial charge on any atom is -0.484 e. The number of aliphatic hydroxyl groups excluding tert-OH is 1. The number of nitrogen functional groups attached to an aromatic ring is 1. The maximum Gasteiger partial charge on any atom is 0.264 e. The Morgan fingerprint density at radius 2 is 2.08 bits per heavy atom. The summed E-state index contributed by atoms with van der Waals surface area (Å²) in [7, 11) is -3.98. The standard InChI is InChI=1S/C17H17N3O4S/c1-11-17(10-21)24-16-6-5-13(19)8-15(16)20(11)25(22,23)14-4-2-3-12(7-14)9-18/h2-8,11,17,21H,10,19H2,1H3/t11-,17?/m0/s1. The predicted molar refractivity (Wildman–Crippen MR) is 92.6 cm³/mol. The molecule has 1 aliphatic rings. The van der Waals surface area contributed by atoms with Gasteiger partial charge in [-0.2, -0.15) is 5.26 Å².